The van der Waals surface area contributed by atoms with Gasteiger partial charge in [-0.15, -0.1) is 0 Å². The predicted molar refractivity (Wildman–Crippen MR) is 132 cm³/mol. The summed E-state index contributed by atoms with van der Waals surface area (Å²) < 4.78 is 7.75. The van der Waals surface area contributed by atoms with Crippen LogP contribution in [0, 0.1) is 12.8 Å². The van der Waals surface area contributed by atoms with Crippen molar-refractivity contribution < 1.29 is 14.6 Å². The molecule has 0 amide bonds. The average molecular weight is 472 g/mol. The van der Waals surface area contributed by atoms with Crippen molar-refractivity contribution in [3.63, 3.8) is 0 Å². The molecule has 1 aromatic carbocycles. The molecule has 0 fully saturated rings. The first-order chi connectivity index (χ1) is 17.0. The Balaban J connectivity index is 1.29. The molecule has 2 atom stereocenters. The van der Waals surface area contributed by atoms with Crippen molar-refractivity contribution >= 4 is 16.9 Å². The fourth-order valence-corrected chi connectivity index (χ4v) is 4.68. The van der Waals surface area contributed by atoms with Gasteiger partial charge in [0.1, 0.15) is 11.6 Å². The van der Waals surface area contributed by atoms with Gasteiger partial charge in [0.05, 0.1) is 30.8 Å². The first-order valence-electron chi connectivity index (χ1n) is 12.0. The molecule has 0 saturated carbocycles. The minimum Gasteiger partial charge on any atom is -0.493 e. The number of nitrogens with zero attached hydrogens (tertiary/aromatic N) is 5. The van der Waals surface area contributed by atoms with Crippen LogP contribution < -0.4 is 4.74 Å². The van der Waals surface area contributed by atoms with Gasteiger partial charge in [-0.05, 0) is 61.9 Å². The highest BCUT2D eigenvalue weighted by atomic mass is 16.5. The maximum atomic E-state index is 11.6. The molecule has 3 aromatic heterocycles. The van der Waals surface area contributed by atoms with Crippen LogP contribution >= 0.6 is 0 Å². The van der Waals surface area contributed by atoms with E-state index in [9.17, 15) is 9.90 Å². The molecule has 0 unspecified atom stereocenters. The quantitative estimate of drug-likeness (QED) is 0.408. The Morgan fingerprint density at radius 2 is 2.03 bits per heavy atom. The lowest BCUT2D eigenvalue weighted by Crippen LogP contribution is -2.17. The molecule has 0 radical (unpaired) electrons. The zero-order valence-corrected chi connectivity index (χ0v) is 20.0. The first kappa shape index (κ1) is 23.0. The Morgan fingerprint density at radius 3 is 2.83 bits per heavy atom. The summed E-state index contributed by atoms with van der Waals surface area (Å²) in [4.78, 5) is 24.9. The van der Waals surface area contributed by atoms with Gasteiger partial charge in [-0.2, -0.15) is 5.10 Å². The lowest BCUT2D eigenvalue weighted by molar-refractivity contribution is -0.137. The van der Waals surface area contributed by atoms with Crippen molar-refractivity contribution in [2.45, 2.75) is 52.0 Å². The summed E-state index contributed by atoms with van der Waals surface area (Å²) in [6, 6.07) is 9.57. The van der Waals surface area contributed by atoms with Crippen molar-refractivity contribution in [3.8, 4) is 5.75 Å². The normalized spacial score (nSPS) is 16.1. The molecule has 4 aromatic rings. The van der Waals surface area contributed by atoms with Gasteiger partial charge in [0.15, 0.2) is 0 Å². The molecule has 0 spiro atoms. The minimum absolute atomic E-state index is 0.117. The van der Waals surface area contributed by atoms with E-state index in [0.29, 0.717) is 23.9 Å². The summed E-state index contributed by atoms with van der Waals surface area (Å²) >= 11 is 0. The Morgan fingerprint density at radius 1 is 1.20 bits per heavy atom. The maximum absolute atomic E-state index is 11.6. The van der Waals surface area contributed by atoms with Crippen molar-refractivity contribution in [1.29, 1.82) is 0 Å². The third-order valence-corrected chi connectivity index (χ3v) is 6.62. The maximum Gasteiger partial charge on any atom is 0.305 e. The molecule has 0 aliphatic heterocycles. The topological polar surface area (TPSA) is 103 Å². The molecule has 8 nitrogen and oxygen atoms in total. The van der Waals surface area contributed by atoms with Crippen LogP contribution in [-0.4, -0.2) is 42.4 Å². The van der Waals surface area contributed by atoms with Gasteiger partial charge in [-0.1, -0.05) is 13.0 Å². The van der Waals surface area contributed by atoms with Gasteiger partial charge >= 0.3 is 5.97 Å². The predicted octanol–water partition coefficient (Wildman–Crippen LogP) is 4.34. The van der Waals surface area contributed by atoms with Crippen molar-refractivity contribution in [2.75, 3.05) is 6.61 Å². The summed E-state index contributed by atoms with van der Waals surface area (Å²) in [5.74, 6) is 1.17. The molecule has 35 heavy (non-hydrogen) atoms. The number of carboxylic acid groups (broad SMARTS) is 1. The van der Waals surface area contributed by atoms with Crippen LogP contribution in [0.1, 0.15) is 54.1 Å². The van der Waals surface area contributed by atoms with Gasteiger partial charge in [0.25, 0.3) is 0 Å². The highest BCUT2D eigenvalue weighted by Gasteiger charge is 2.21. The molecule has 5 rings (SSSR count). The Labute approximate surface area is 204 Å². The van der Waals surface area contributed by atoms with Crippen LogP contribution in [0.5, 0.6) is 5.75 Å². The molecule has 180 valence electrons. The van der Waals surface area contributed by atoms with Crippen molar-refractivity contribution in [1.82, 2.24) is 24.7 Å². The van der Waals surface area contributed by atoms with E-state index in [1.54, 1.807) is 30.2 Å². The number of pyridine rings is 1. The Hall–Kier alpha value is -3.81. The number of benzene rings is 1. The number of aryl methyl sites for hydroxylation is 2. The fraction of sp³-hybridized carbons (Fsp3) is 0.370. The third kappa shape index (κ3) is 5.16. The standard InChI is InChI=1S/C27H29N5O3/c1-17-3-4-19-5-6-22(31-24(19)11-17)9-10-35-23-7-8-25-20(12-23)16-30-32(25)26(13-27(33)34)21-14-28-18(2)29-15-21/h5-8,12,14-17,26H,3-4,9-11,13H2,1-2H3,(H,33,34)/t17-,26-/m0/s1. The fourth-order valence-electron chi connectivity index (χ4n) is 4.68. The molecule has 0 saturated heterocycles. The van der Waals surface area contributed by atoms with Gasteiger partial charge in [-0.25, -0.2) is 9.97 Å². The number of carboxylic acids is 1. The van der Waals surface area contributed by atoms with Crippen molar-refractivity contribution in [3.05, 3.63) is 77.3 Å². The highest BCUT2D eigenvalue weighted by Crippen LogP contribution is 2.28. The highest BCUT2D eigenvalue weighted by molar-refractivity contribution is 5.81. The van der Waals surface area contributed by atoms with E-state index >= 15 is 0 Å². The zero-order chi connectivity index (χ0) is 24.4. The molecule has 1 aliphatic rings. The van der Waals surface area contributed by atoms with Gasteiger partial charge in [0, 0.05) is 41.2 Å². The summed E-state index contributed by atoms with van der Waals surface area (Å²) in [7, 11) is 0. The molecule has 3 heterocycles. The lowest BCUT2D eigenvalue weighted by atomic mass is 9.88. The number of hydrogen-bond donors (Lipinski definition) is 1. The largest absolute Gasteiger partial charge is 0.493 e. The van der Waals surface area contributed by atoms with E-state index < -0.39 is 12.0 Å². The van der Waals surface area contributed by atoms with Crippen LogP contribution in [0.25, 0.3) is 10.9 Å². The van der Waals surface area contributed by atoms with Crippen LogP contribution in [0.15, 0.2) is 48.9 Å². The molecule has 8 heteroatoms. The smallest absolute Gasteiger partial charge is 0.305 e. The van der Waals surface area contributed by atoms with Gasteiger partial charge in [0.2, 0.25) is 0 Å². The van der Waals surface area contributed by atoms with Gasteiger partial charge < -0.3 is 9.84 Å². The molecular formula is C27H29N5O3. The zero-order valence-electron chi connectivity index (χ0n) is 20.0. The summed E-state index contributed by atoms with van der Waals surface area (Å²) in [6.07, 6.45) is 9.11. The number of aliphatic carboxylic acids is 1. The number of aromatic nitrogens is 5. The first-order valence-corrected chi connectivity index (χ1v) is 12.0. The second-order valence-corrected chi connectivity index (χ2v) is 9.34. The number of carbonyl (C=O) groups is 1. The Kier molecular flexibility index (Phi) is 6.44. The SMILES string of the molecule is Cc1ncc([C@H](CC(=O)O)n2ncc3cc(OCCc4ccc5c(n4)C[C@@H](C)CC5)ccc32)cn1. The average Bonchev–Trinajstić information content (AvgIpc) is 3.26. The van der Waals surface area contributed by atoms with E-state index in [2.05, 4.69) is 34.1 Å². The summed E-state index contributed by atoms with van der Waals surface area (Å²) in [5, 5.41) is 14.9. The van der Waals surface area contributed by atoms with Crippen LogP contribution in [0.3, 0.4) is 0 Å². The number of rotatable bonds is 8. The number of ether oxygens (including phenoxy) is 1. The van der Waals surface area contributed by atoms with E-state index in [1.165, 1.54) is 17.7 Å². The molecule has 1 aliphatic carbocycles. The van der Waals surface area contributed by atoms with Crippen molar-refractivity contribution in [2.24, 2.45) is 5.92 Å². The second kappa shape index (κ2) is 9.82. The van der Waals surface area contributed by atoms with Crippen LogP contribution in [0.4, 0.5) is 0 Å². The molecular weight excluding hydrogens is 442 g/mol. The Bertz CT molecular complexity index is 1350. The molecule has 0 bridgehead atoms. The van der Waals surface area contributed by atoms with E-state index in [4.69, 9.17) is 9.72 Å². The lowest BCUT2D eigenvalue weighted by Gasteiger charge is -2.21. The van der Waals surface area contributed by atoms with Gasteiger partial charge in [-0.3, -0.25) is 14.5 Å². The third-order valence-electron chi connectivity index (χ3n) is 6.62. The van der Waals surface area contributed by atoms with E-state index in [0.717, 1.165) is 41.6 Å². The number of fused-ring (bicyclic) bond motifs is 2. The van der Waals surface area contributed by atoms with Crippen LogP contribution in [0.2, 0.25) is 0 Å². The van der Waals surface area contributed by atoms with E-state index in [-0.39, 0.29) is 6.42 Å². The summed E-state index contributed by atoms with van der Waals surface area (Å²) in [6.45, 7) is 4.61. The summed E-state index contributed by atoms with van der Waals surface area (Å²) in [5.41, 5.74) is 5.21. The van der Waals surface area contributed by atoms with E-state index in [1.807, 2.05) is 18.2 Å². The minimum atomic E-state index is -0.913. The second-order valence-electron chi connectivity index (χ2n) is 9.34. The monoisotopic (exact) mass is 471 g/mol. The van der Waals surface area contributed by atoms with Crippen LogP contribution in [-0.2, 0) is 24.1 Å². The molecule has 1 N–H and O–H groups in total. The number of hydrogen-bond acceptors (Lipinski definition) is 6.